The fourth-order valence-electron chi connectivity index (χ4n) is 6.94. The molecule has 4 saturated carbocycles. The second-order valence-electron chi connectivity index (χ2n) is 9.76. The van der Waals surface area contributed by atoms with Gasteiger partial charge in [-0.1, -0.05) is 60.7 Å². The first-order valence-electron chi connectivity index (χ1n) is 11.0. The Hall–Kier alpha value is -2.09. The third kappa shape index (κ3) is 3.17. The van der Waals surface area contributed by atoms with Gasteiger partial charge in [-0.05, 0) is 79.7 Å². The van der Waals surface area contributed by atoms with E-state index in [0.29, 0.717) is 5.41 Å². The Labute approximate surface area is 168 Å². The number of nitrogens with one attached hydrogen (secondary N) is 1. The Balaban J connectivity index is 1.39. The van der Waals surface area contributed by atoms with Crippen LogP contribution in [0.15, 0.2) is 60.7 Å². The highest BCUT2D eigenvalue weighted by molar-refractivity contribution is 5.87. The van der Waals surface area contributed by atoms with E-state index in [-0.39, 0.29) is 17.9 Å². The molecule has 0 saturated heterocycles. The Morgan fingerprint density at radius 1 is 0.821 bits per heavy atom. The van der Waals surface area contributed by atoms with Gasteiger partial charge in [0.2, 0.25) is 5.91 Å². The lowest BCUT2D eigenvalue weighted by atomic mass is 9.48. The molecule has 0 aliphatic heterocycles. The molecule has 0 heterocycles. The van der Waals surface area contributed by atoms with Gasteiger partial charge in [-0.2, -0.15) is 0 Å². The third-order valence-electron chi connectivity index (χ3n) is 7.89. The molecule has 0 spiro atoms. The molecule has 1 N–H and O–H groups in total. The first-order chi connectivity index (χ1) is 13.6. The van der Waals surface area contributed by atoms with Gasteiger partial charge in [-0.3, -0.25) is 4.79 Å². The molecular weight excluding hydrogens is 342 g/mol. The standard InChI is InChI=1S/C26H31NO/c1-18(26-15-19-12-20(16-26)14-21(13-19)17-26)27-25(28)24(22-8-4-2-5-9-22)23-10-6-3-7-11-23/h2-11,18-21,24H,12-17H2,1H3,(H,27,28). The van der Waals surface area contributed by atoms with Crippen LogP contribution in [0.3, 0.4) is 0 Å². The van der Waals surface area contributed by atoms with E-state index < -0.39 is 0 Å². The van der Waals surface area contributed by atoms with Gasteiger partial charge in [0.05, 0.1) is 5.92 Å². The van der Waals surface area contributed by atoms with Crippen molar-refractivity contribution in [2.24, 2.45) is 23.2 Å². The molecule has 146 valence electrons. The van der Waals surface area contributed by atoms with Crippen LogP contribution in [0.4, 0.5) is 0 Å². The lowest BCUT2D eigenvalue weighted by molar-refractivity contribution is -0.126. The van der Waals surface area contributed by atoms with Gasteiger partial charge < -0.3 is 5.32 Å². The number of hydrogen-bond donors (Lipinski definition) is 1. The highest BCUT2D eigenvalue weighted by Gasteiger charge is 2.53. The number of carbonyl (C=O) groups is 1. The van der Waals surface area contributed by atoms with Crippen LogP contribution in [0.5, 0.6) is 0 Å². The van der Waals surface area contributed by atoms with Crippen LogP contribution in [-0.2, 0) is 4.79 Å². The van der Waals surface area contributed by atoms with E-state index >= 15 is 0 Å². The number of benzene rings is 2. The van der Waals surface area contributed by atoms with E-state index in [2.05, 4.69) is 36.5 Å². The third-order valence-corrected chi connectivity index (χ3v) is 7.89. The van der Waals surface area contributed by atoms with Crippen molar-refractivity contribution in [3.05, 3.63) is 71.8 Å². The SMILES string of the molecule is CC(NC(=O)C(c1ccccc1)c1ccccc1)C12CC3CC(CC(C3)C1)C2. The lowest BCUT2D eigenvalue weighted by Crippen LogP contribution is -2.56. The summed E-state index contributed by atoms with van der Waals surface area (Å²) in [4.78, 5) is 13.5. The largest absolute Gasteiger partial charge is 0.352 e. The van der Waals surface area contributed by atoms with Crippen molar-refractivity contribution < 1.29 is 4.79 Å². The Kier molecular flexibility index (Phi) is 4.53. The van der Waals surface area contributed by atoms with E-state index in [0.717, 1.165) is 28.9 Å². The smallest absolute Gasteiger partial charge is 0.232 e. The maximum Gasteiger partial charge on any atom is 0.232 e. The molecule has 4 bridgehead atoms. The minimum atomic E-state index is -0.237. The Bertz CT molecular complexity index is 753. The number of rotatable bonds is 5. The molecule has 4 aliphatic carbocycles. The van der Waals surface area contributed by atoms with Gasteiger partial charge in [-0.15, -0.1) is 0 Å². The van der Waals surface area contributed by atoms with Crippen molar-refractivity contribution in [3.63, 3.8) is 0 Å². The molecule has 2 nitrogen and oxygen atoms in total. The van der Waals surface area contributed by atoms with Crippen molar-refractivity contribution in [3.8, 4) is 0 Å². The first-order valence-corrected chi connectivity index (χ1v) is 11.0. The molecule has 4 aliphatic rings. The fraction of sp³-hybridized carbons (Fsp3) is 0.500. The zero-order valence-corrected chi connectivity index (χ0v) is 16.8. The van der Waals surface area contributed by atoms with Gasteiger partial charge in [0.15, 0.2) is 0 Å². The van der Waals surface area contributed by atoms with Crippen molar-refractivity contribution in [1.29, 1.82) is 0 Å². The predicted molar refractivity (Wildman–Crippen MR) is 113 cm³/mol. The van der Waals surface area contributed by atoms with Crippen LogP contribution >= 0.6 is 0 Å². The lowest BCUT2D eigenvalue weighted by Gasteiger charge is -2.59. The molecule has 1 amide bonds. The van der Waals surface area contributed by atoms with Crippen LogP contribution < -0.4 is 5.32 Å². The van der Waals surface area contributed by atoms with E-state index in [1.807, 2.05) is 36.4 Å². The van der Waals surface area contributed by atoms with Crippen molar-refractivity contribution >= 4 is 5.91 Å². The van der Waals surface area contributed by atoms with Gasteiger partial charge in [-0.25, -0.2) is 0 Å². The van der Waals surface area contributed by atoms with Crippen molar-refractivity contribution in [2.45, 2.75) is 57.4 Å². The molecule has 28 heavy (non-hydrogen) atoms. The summed E-state index contributed by atoms with van der Waals surface area (Å²) in [6.45, 7) is 2.28. The molecule has 0 aromatic heterocycles. The molecule has 4 fully saturated rings. The monoisotopic (exact) mass is 373 g/mol. The van der Waals surface area contributed by atoms with E-state index in [4.69, 9.17) is 0 Å². The molecular formula is C26H31NO. The normalized spacial score (nSPS) is 31.7. The van der Waals surface area contributed by atoms with E-state index in [1.54, 1.807) is 0 Å². The Morgan fingerprint density at radius 3 is 1.68 bits per heavy atom. The molecule has 1 atom stereocenters. The number of hydrogen-bond acceptors (Lipinski definition) is 1. The summed E-state index contributed by atoms with van der Waals surface area (Å²) in [6.07, 6.45) is 8.29. The maximum atomic E-state index is 13.5. The van der Waals surface area contributed by atoms with Crippen molar-refractivity contribution in [1.82, 2.24) is 5.32 Å². The first kappa shape index (κ1) is 18.0. The average Bonchev–Trinajstić information content (AvgIpc) is 2.69. The summed E-state index contributed by atoms with van der Waals surface area (Å²) in [5, 5.41) is 3.50. The molecule has 2 heteroatoms. The summed E-state index contributed by atoms with van der Waals surface area (Å²) in [5.41, 5.74) is 2.48. The fourth-order valence-corrected chi connectivity index (χ4v) is 6.94. The topological polar surface area (TPSA) is 29.1 Å². The molecule has 1 unspecified atom stereocenters. The van der Waals surface area contributed by atoms with E-state index in [9.17, 15) is 4.79 Å². The van der Waals surface area contributed by atoms with Crippen molar-refractivity contribution in [2.75, 3.05) is 0 Å². The highest BCUT2D eigenvalue weighted by atomic mass is 16.2. The summed E-state index contributed by atoms with van der Waals surface area (Å²) in [6, 6.07) is 20.7. The van der Waals surface area contributed by atoms with Gasteiger partial charge in [0, 0.05) is 6.04 Å². The molecule has 0 radical (unpaired) electrons. The minimum Gasteiger partial charge on any atom is -0.352 e. The zero-order valence-electron chi connectivity index (χ0n) is 16.8. The summed E-state index contributed by atoms with van der Waals surface area (Å²) >= 11 is 0. The van der Waals surface area contributed by atoms with Gasteiger partial charge in [0.25, 0.3) is 0 Å². The van der Waals surface area contributed by atoms with E-state index in [1.165, 1.54) is 38.5 Å². The molecule has 2 aromatic carbocycles. The predicted octanol–water partition coefficient (Wildman–Crippen LogP) is 5.54. The zero-order chi connectivity index (χ0) is 19.1. The molecule has 6 rings (SSSR count). The van der Waals surface area contributed by atoms with Gasteiger partial charge >= 0.3 is 0 Å². The molecule has 2 aromatic rings. The Morgan fingerprint density at radius 2 is 1.25 bits per heavy atom. The van der Waals surface area contributed by atoms with Crippen LogP contribution in [0.1, 0.15) is 62.5 Å². The number of carbonyl (C=O) groups excluding carboxylic acids is 1. The minimum absolute atomic E-state index is 0.153. The summed E-state index contributed by atoms with van der Waals surface area (Å²) < 4.78 is 0. The summed E-state index contributed by atoms with van der Waals surface area (Å²) in [5.74, 6) is 2.64. The van der Waals surface area contributed by atoms with Crippen LogP contribution in [0.2, 0.25) is 0 Å². The van der Waals surface area contributed by atoms with Crippen LogP contribution in [0, 0.1) is 23.2 Å². The summed E-state index contributed by atoms with van der Waals surface area (Å²) in [7, 11) is 0. The number of amides is 1. The quantitative estimate of drug-likeness (QED) is 0.732. The second-order valence-corrected chi connectivity index (χ2v) is 9.76. The second kappa shape index (κ2) is 7.06. The highest BCUT2D eigenvalue weighted by Crippen LogP contribution is 2.61. The van der Waals surface area contributed by atoms with Crippen LogP contribution in [-0.4, -0.2) is 11.9 Å². The van der Waals surface area contributed by atoms with Gasteiger partial charge in [0.1, 0.15) is 0 Å². The maximum absolute atomic E-state index is 13.5. The average molecular weight is 374 g/mol. The van der Waals surface area contributed by atoms with Crippen LogP contribution in [0.25, 0.3) is 0 Å².